The van der Waals surface area contributed by atoms with Crippen molar-refractivity contribution in [2.45, 2.75) is 0 Å². The highest BCUT2D eigenvalue weighted by Crippen LogP contribution is 2.25. The molecule has 6 nitrogen and oxygen atoms in total. The van der Waals surface area contributed by atoms with E-state index in [1.165, 1.54) is 7.11 Å². The van der Waals surface area contributed by atoms with Gasteiger partial charge < -0.3 is 14.5 Å². The highest BCUT2D eigenvalue weighted by Gasteiger charge is 2.17. The van der Waals surface area contributed by atoms with E-state index in [4.69, 9.17) is 20.8 Å². The van der Waals surface area contributed by atoms with Crippen LogP contribution in [0.5, 0.6) is 5.75 Å². The molecule has 0 aliphatic carbocycles. The molecule has 0 atom stereocenters. The zero-order valence-electron chi connectivity index (χ0n) is 12.1. The summed E-state index contributed by atoms with van der Waals surface area (Å²) in [6, 6.07) is 14.0. The quantitative estimate of drug-likeness (QED) is 0.790. The highest BCUT2D eigenvalue weighted by molar-refractivity contribution is 6.30. The molecule has 1 amide bonds. The first kappa shape index (κ1) is 15.1. The van der Waals surface area contributed by atoms with Crippen LogP contribution in [0, 0.1) is 0 Å². The fourth-order valence-corrected chi connectivity index (χ4v) is 2.17. The van der Waals surface area contributed by atoms with Gasteiger partial charge in [0.05, 0.1) is 12.8 Å². The van der Waals surface area contributed by atoms with Gasteiger partial charge in [-0.2, -0.15) is 0 Å². The second kappa shape index (κ2) is 6.50. The van der Waals surface area contributed by atoms with E-state index in [2.05, 4.69) is 15.5 Å². The summed E-state index contributed by atoms with van der Waals surface area (Å²) in [6.45, 7) is 0. The van der Waals surface area contributed by atoms with E-state index >= 15 is 0 Å². The molecule has 0 radical (unpaired) electrons. The number of nitrogens with one attached hydrogen (secondary N) is 1. The molecule has 7 heteroatoms. The fourth-order valence-electron chi connectivity index (χ4n) is 1.98. The minimum atomic E-state index is -0.518. The first-order valence-corrected chi connectivity index (χ1v) is 7.09. The van der Waals surface area contributed by atoms with Gasteiger partial charge in [-0.25, -0.2) is 0 Å². The van der Waals surface area contributed by atoms with E-state index in [1.54, 1.807) is 48.5 Å². The van der Waals surface area contributed by atoms with Gasteiger partial charge in [-0.15, -0.1) is 10.2 Å². The Morgan fingerprint density at radius 3 is 2.78 bits per heavy atom. The molecule has 116 valence electrons. The first-order chi connectivity index (χ1) is 11.2. The van der Waals surface area contributed by atoms with Crippen molar-refractivity contribution in [3.63, 3.8) is 0 Å². The lowest BCUT2D eigenvalue weighted by atomic mass is 10.2. The number of ether oxygens (including phenoxy) is 1. The first-order valence-electron chi connectivity index (χ1n) is 6.71. The number of halogens is 1. The fraction of sp³-hybridized carbons (Fsp3) is 0.0625. The largest absolute Gasteiger partial charge is 0.495 e. The third kappa shape index (κ3) is 3.32. The molecule has 3 rings (SSSR count). The molecule has 0 spiro atoms. The maximum Gasteiger partial charge on any atom is 0.313 e. The van der Waals surface area contributed by atoms with Crippen LogP contribution in [0.25, 0.3) is 11.5 Å². The number of rotatable bonds is 4. The summed E-state index contributed by atoms with van der Waals surface area (Å²) in [5.74, 6) is 0.0919. The number of para-hydroxylation sites is 2. The van der Waals surface area contributed by atoms with E-state index < -0.39 is 5.91 Å². The maximum absolute atomic E-state index is 12.2. The normalized spacial score (nSPS) is 10.3. The SMILES string of the molecule is COc1ccccc1NC(=O)c1nnc(-c2cccc(Cl)c2)o1. The van der Waals surface area contributed by atoms with Crippen LogP contribution in [0.15, 0.2) is 52.9 Å². The summed E-state index contributed by atoms with van der Waals surface area (Å²) in [4.78, 5) is 12.2. The predicted molar refractivity (Wildman–Crippen MR) is 85.7 cm³/mol. The minimum absolute atomic E-state index is 0.147. The molecule has 1 heterocycles. The summed E-state index contributed by atoms with van der Waals surface area (Å²) in [6.07, 6.45) is 0. The number of hydrogen-bond acceptors (Lipinski definition) is 5. The van der Waals surface area contributed by atoms with Gasteiger partial charge in [0.25, 0.3) is 0 Å². The number of methoxy groups -OCH3 is 1. The zero-order chi connectivity index (χ0) is 16.2. The molecule has 0 bridgehead atoms. The molecule has 1 aromatic heterocycles. The summed E-state index contributed by atoms with van der Waals surface area (Å²) in [5, 5.41) is 10.8. The molecule has 23 heavy (non-hydrogen) atoms. The Bertz CT molecular complexity index is 848. The minimum Gasteiger partial charge on any atom is -0.495 e. The van der Waals surface area contributed by atoms with Gasteiger partial charge in [0.2, 0.25) is 5.89 Å². The Labute approximate surface area is 137 Å². The molecule has 0 saturated heterocycles. The van der Waals surface area contributed by atoms with Crippen LogP contribution in [0.1, 0.15) is 10.7 Å². The summed E-state index contributed by atoms with van der Waals surface area (Å²) >= 11 is 5.92. The Balaban J connectivity index is 1.81. The Morgan fingerprint density at radius 2 is 2.00 bits per heavy atom. The average Bonchev–Trinajstić information content (AvgIpc) is 3.05. The highest BCUT2D eigenvalue weighted by atomic mass is 35.5. The van der Waals surface area contributed by atoms with Gasteiger partial charge in [0.1, 0.15) is 5.75 Å². The van der Waals surface area contributed by atoms with Crippen molar-refractivity contribution in [2.24, 2.45) is 0 Å². The van der Waals surface area contributed by atoms with Crippen LogP contribution < -0.4 is 10.1 Å². The Kier molecular flexibility index (Phi) is 4.25. The summed E-state index contributed by atoms with van der Waals surface area (Å²) < 4.78 is 10.6. The summed E-state index contributed by atoms with van der Waals surface area (Å²) in [5.41, 5.74) is 1.16. The third-order valence-corrected chi connectivity index (χ3v) is 3.28. The lowest BCUT2D eigenvalue weighted by molar-refractivity contribution is 0.0990. The van der Waals surface area contributed by atoms with E-state index in [1.807, 2.05) is 0 Å². The standard InChI is InChI=1S/C16H12ClN3O3/c1-22-13-8-3-2-7-12(13)18-14(21)16-20-19-15(23-16)10-5-4-6-11(17)9-10/h2-9H,1H3,(H,18,21). The second-order valence-electron chi connectivity index (χ2n) is 4.58. The zero-order valence-corrected chi connectivity index (χ0v) is 12.9. The number of benzene rings is 2. The van der Waals surface area contributed by atoms with Crippen LogP contribution in [-0.2, 0) is 0 Å². The van der Waals surface area contributed by atoms with Crippen LogP contribution in [0.3, 0.4) is 0 Å². The number of aromatic nitrogens is 2. The molecule has 0 unspecified atom stereocenters. The molecule has 3 aromatic rings. The molecule has 1 N–H and O–H groups in total. The lowest BCUT2D eigenvalue weighted by Crippen LogP contribution is -2.13. The monoisotopic (exact) mass is 329 g/mol. The molecule has 0 aliphatic rings. The van der Waals surface area contributed by atoms with Crippen LogP contribution in [-0.4, -0.2) is 23.2 Å². The number of anilines is 1. The maximum atomic E-state index is 12.2. The number of hydrogen-bond donors (Lipinski definition) is 1. The Morgan fingerprint density at radius 1 is 1.17 bits per heavy atom. The Hall–Kier alpha value is -2.86. The lowest BCUT2D eigenvalue weighted by Gasteiger charge is -2.07. The predicted octanol–water partition coefficient (Wildman–Crippen LogP) is 3.65. The van der Waals surface area contributed by atoms with Gasteiger partial charge >= 0.3 is 11.8 Å². The van der Waals surface area contributed by atoms with E-state index in [-0.39, 0.29) is 11.8 Å². The van der Waals surface area contributed by atoms with Crippen LogP contribution in [0.4, 0.5) is 5.69 Å². The van der Waals surface area contributed by atoms with Crippen molar-refractivity contribution < 1.29 is 13.9 Å². The molecular formula is C16H12ClN3O3. The van der Waals surface area contributed by atoms with Crippen molar-refractivity contribution in [1.82, 2.24) is 10.2 Å². The molecule has 0 fully saturated rings. The van der Waals surface area contributed by atoms with Crippen molar-refractivity contribution in [1.29, 1.82) is 0 Å². The van der Waals surface area contributed by atoms with Crippen molar-refractivity contribution in [3.8, 4) is 17.2 Å². The van der Waals surface area contributed by atoms with Gasteiger partial charge in [0, 0.05) is 10.6 Å². The van der Waals surface area contributed by atoms with Crippen LogP contribution >= 0.6 is 11.6 Å². The van der Waals surface area contributed by atoms with Gasteiger partial charge in [-0.05, 0) is 30.3 Å². The van der Waals surface area contributed by atoms with Crippen molar-refractivity contribution in [3.05, 3.63) is 59.4 Å². The van der Waals surface area contributed by atoms with Crippen LogP contribution in [0.2, 0.25) is 5.02 Å². The molecule has 2 aromatic carbocycles. The van der Waals surface area contributed by atoms with Crippen molar-refractivity contribution >= 4 is 23.2 Å². The number of amides is 1. The molecule has 0 aliphatic heterocycles. The number of carbonyl (C=O) groups excluding carboxylic acids is 1. The smallest absolute Gasteiger partial charge is 0.313 e. The van der Waals surface area contributed by atoms with E-state index in [0.29, 0.717) is 22.0 Å². The average molecular weight is 330 g/mol. The van der Waals surface area contributed by atoms with Gasteiger partial charge in [0.15, 0.2) is 0 Å². The van der Waals surface area contributed by atoms with Gasteiger partial charge in [-0.1, -0.05) is 29.8 Å². The van der Waals surface area contributed by atoms with Gasteiger partial charge in [-0.3, -0.25) is 4.79 Å². The topological polar surface area (TPSA) is 77.2 Å². The number of carbonyl (C=O) groups is 1. The molecular weight excluding hydrogens is 318 g/mol. The number of nitrogens with zero attached hydrogens (tertiary/aromatic N) is 2. The summed E-state index contributed by atoms with van der Waals surface area (Å²) in [7, 11) is 1.52. The second-order valence-corrected chi connectivity index (χ2v) is 5.01. The third-order valence-electron chi connectivity index (χ3n) is 3.05. The van der Waals surface area contributed by atoms with E-state index in [9.17, 15) is 4.79 Å². The van der Waals surface area contributed by atoms with Crippen molar-refractivity contribution in [2.75, 3.05) is 12.4 Å². The van der Waals surface area contributed by atoms with E-state index in [0.717, 1.165) is 0 Å². The molecule has 0 saturated carbocycles.